The van der Waals surface area contributed by atoms with Crippen LogP contribution in [0.25, 0.3) is 0 Å². The summed E-state index contributed by atoms with van der Waals surface area (Å²) in [5, 5.41) is 2.81. The van der Waals surface area contributed by atoms with Gasteiger partial charge in [0.2, 0.25) is 0 Å². The Balaban J connectivity index is 2.01. The van der Waals surface area contributed by atoms with Crippen molar-refractivity contribution in [3.05, 3.63) is 29.3 Å². The largest absolute Gasteiger partial charge is 0.496 e. The van der Waals surface area contributed by atoms with Crippen LogP contribution in [0.4, 0.5) is 0 Å². The Kier molecular flexibility index (Phi) is 5.98. The minimum Gasteiger partial charge on any atom is -0.496 e. The third-order valence-electron chi connectivity index (χ3n) is 3.55. The second kappa shape index (κ2) is 7.97. The first-order chi connectivity index (χ1) is 11.0. The molecule has 6 nitrogen and oxygen atoms in total. The number of nitrogens with one attached hydrogen (secondary N) is 1. The zero-order valence-corrected chi connectivity index (χ0v) is 13.8. The molecule has 1 N–H and O–H groups in total. The van der Waals surface area contributed by atoms with E-state index in [0.717, 1.165) is 18.4 Å². The van der Waals surface area contributed by atoms with Crippen LogP contribution in [0.1, 0.15) is 42.6 Å². The Morgan fingerprint density at radius 2 is 2.09 bits per heavy atom. The average molecular weight is 321 g/mol. The van der Waals surface area contributed by atoms with Crippen molar-refractivity contribution in [2.45, 2.75) is 45.4 Å². The van der Waals surface area contributed by atoms with E-state index >= 15 is 0 Å². The van der Waals surface area contributed by atoms with Gasteiger partial charge < -0.3 is 19.5 Å². The number of carbonyl (C=O) groups excluding carboxylic acids is 2. The first-order valence-corrected chi connectivity index (χ1v) is 7.81. The van der Waals surface area contributed by atoms with E-state index in [9.17, 15) is 9.59 Å². The van der Waals surface area contributed by atoms with Gasteiger partial charge in [0.05, 0.1) is 19.3 Å². The lowest BCUT2D eigenvalue weighted by atomic mass is 10.1. The van der Waals surface area contributed by atoms with Crippen molar-refractivity contribution in [1.82, 2.24) is 5.32 Å². The highest BCUT2D eigenvalue weighted by molar-refractivity contribution is 5.92. The molecule has 1 fully saturated rings. The summed E-state index contributed by atoms with van der Waals surface area (Å²) in [6, 6.07) is 5.21. The molecule has 2 rings (SSSR count). The SMILES string of the molecule is CCOCc1cc(C(=O)O[C@@H](C)C(=O)NC2CC2)ccc1OC. The van der Waals surface area contributed by atoms with Crippen molar-refractivity contribution in [2.75, 3.05) is 13.7 Å². The number of carbonyl (C=O) groups is 2. The average Bonchev–Trinajstić information content (AvgIpc) is 3.36. The fourth-order valence-corrected chi connectivity index (χ4v) is 2.06. The monoisotopic (exact) mass is 321 g/mol. The number of methoxy groups -OCH3 is 1. The summed E-state index contributed by atoms with van der Waals surface area (Å²) in [6.45, 7) is 4.37. The van der Waals surface area contributed by atoms with Crippen LogP contribution in [-0.4, -0.2) is 37.7 Å². The van der Waals surface area contributed by atoms with Gasteiger partial charge in [-0.2, -0.15) is 0 Å². The summed E-state index contributed by atoms with van der Waals surface area (Å²) >= 11 is 0. The van der Waals surface area contributed by atoms with Crippen LogP contribution in [0.15, 0.2) is 18.2 Å². The minimum atomic E-state index is -0.819. The summed E-state index contributed by atoms with van der Waals surface area (Å²) in [4.78, 5) is 24.0. The Labute approximate surface area is 136 Å². The van der Waals surface area contributed by atoms with Gasteiger partial charge >= 0.3 is 5.97 Å². The Hall–Kier alpha value is -2.08. The second-order valence-electron chi connectivity index (χ2n) is 5.49. The molecule has 0 saturated heterocycles. The molecule has 23 heavy (non-hydrogen) atoms. The molecular formula is C17H23NO5. The molecule has 1 aliphatic rings. The maximum atomic E-state index is 12.2. The molecule has 1 saturated carbocycles. The highest BCUT2D eigenvalue weighted by atomic mass is 16.5. The van der Waals surface area contributed by atoms with Gasteiger partial charge in [-0.3, -0.25) is 4.79 Å². The minimum absolute atomic E-state index is 0.238. The van der Waals surface area contributed by atoms with Crippen molar-refractivity contribution < 1.29 is 23.8 Å². The molecule has 0 spiro atoms. The van der Waals surface area contributed by atoms with Gasteiger partial charge in [0.15, 0.2) is 6.10 Å². The molecule has 0 aliphatic heterocycles. The zero-order valence-electron chi connectivity index (χ0n) is 13.8. The lowest BCUT2D eigenvalue weighted by Gasteiger charge is -2.14. The van der Waals surface area contributed by atoms with Crippen molar-refractivity contribution in [1.29, 1.82) is 0 Å². The fraction of sp³-hybridized carbons (Fsp3) is 0.529. The molecule has 6 heteroatoms. The van der Waals surface area contributed by atoms with Crippen molar-refractivity contribution >= 4 is 11.9 Å². The number of esters is 1. The van der Waals surface area contributed by atoms with E-state index in [1.807, 2.05) is 6.92 Å². The van der Waals surface area contributed by atoms with Crippen LogP contribution in [0.2, 0.25) is 0 Å². The molecular weight excluding hydrogens is 298 g/mol. The lowest BCUT2D eigenvalue weighted by molar-refractivity contribution is -0.129. The number of hydrogen-bond acceptors (Lipinski definition) is 5. The molecule has 1 aromatic rings. The van der Waals surface area contributed by atoms with Crippen LogP contribution in [0, 0.1) is 0 Å². The molecule has 0 radical (unpaired) electrons. The highest BCUT2D eigenvalue weighted by Crippen LogP contribution is 2.22. The van der Waals surface area contributed by atoms with Gasteiger partial charge in [-0.05, 0) is 44.9 Å². The predicted octanol–water partition coefficient (Wildman–Crippen LogP) is 2.06. The van der Waals surface area contributed by atoms with E-state index < -0.39 is 12.1 Å². The van der Waals surface area contributed by atoms with Gasteiger partial charge in [0.25, 0.3) is 5.91 Å². The number of hydrogen-bond donors (Lipinski definition) is 1. The zero-order chi connectivity index (χ0) is 16.8. The Morgan fingerprint density at radius 1 is 1.35 bits per heavy atom. The summed E-state index contributed by atoms with van der Waals surface area (Å²) < 4.78 is 15.8. The van der Waals surface area contributed by atoms with E-state index in [0.29, 0.717) is 24.5 Å². The molecule has 0 aromatic heterocycles. The third kappa shape index (κ3) is 4.96. The van der Waals surface area contributed by atoms with E-state index in [2.05, 4.69) is 5.32 Å². The third-order valence-corrected chi connectivity index (χ3v) is 3.55. The second-order valence-corrected chi connectivity index (χ2v) is 5.49. The maximum Gasteiger partial charge on any atom is 0.338 e. The topological polar surface area (TPSA) is 73.9 Å². The van der Waals surface area contributed by atoms with Gasteiger partial charge in [0, 0.05) is 18.2 Å². The van der Waals surface area contributed by atoms with Gasteiger partial charge in [-0.25, -0.2) is 4.79 Å². The van der Waals surface area contributed by atoms with Crippen LogP contribution in [0.3, 0.4) is 0 Å². The maximum absolute atomic E-state index is 12.2. The standard InChI is InChI=1S/C17H23NO5/c1-4-22-10-13-9-12(5-8-15(13)21-3)17(20)23-11(2)16(19)18-14-6-7-14/h5,8-9,11,14H,4,6-7,10H2,1-3H3,(H,18,19)/t11-/m0/s1. The van der Waals surface area contributed by atoms with Crippen LogP contribution < -0.4 is 10.1 Å². The number of ether oxygens (including phenoxy) is 3. The predicted molar refractivity (Wildman–Crippen MR) is 84.4 cm³/mol. The fourth-order valence-electron chi connectivity index (χ4n) is 2.06. The van der Waals surface area contributed by atoms with Crippen LogP contribution >= 0.6 is 0 Å². The van der Waals surface area contributed by atoms with Gasteiger partial charge in [0.1, 0.15) is 5.75 Å². The Morgan fingerprint density at radius 3 is 2.70 bits per heavy atom. The summed E-state index contributed by atoms with van der Waals surface area (Å²) in [7, 11) is 1.56. The molecule has 1 amide bonds. The van der Waals surface area contributed by atoms with Gasteiger partial charge in [-0.15, -0.1) is 0 Å². The molecule has 126 valence electrons. The van der Waals surface area contributed by atoms with E-state index in [4.69, 9.17) is 14.2 Å². The van der Waals surface area contributed by atoms with Crippen molar-refractivity contribution in [3.8, 4) is 5.75 Å². The molecule has 0 unspecified atom stereocenters. The Bertz CT molecular complexity index is 568. The molecule has 1 atom stereocenters. The van der Waals surface area contributed by atoms with Crippen LogP contribution in [0.5, 0.6) is 5.75 Å². The van der Waals surface area contributed by atoms with Gasteiger partial charge in [-0.1, -0.05) is 0 Å². The number of amides is 1. The summed E-state index contributed by atoms with van der Waals surface area (Å²) in [6.07, 6.45) is 1.16. The van der Waals surface area contributed by atoms with Crippen molar-refractivity contribution in [3.63, 3.8) is 0 Å². The molecule has 1 aromatic carbocycles. The quantitative estimate of drug-likeness (QED) is 0.742. The van der Waals surface area contributed by atoms with E-state index in [1.54, 1.807) is 32.2 Å². The molecule has 0 bridgehead atoms. The first-order valence-electron chi connectivity index (χ1n) is 7.81. The molecule has 1 aliphatic carbocycles. The van der Waals surface area contributed by atoms with Crippen LogP contribution in [-0.2, 0) is 20.9 Å². The normalized spacial score (nSPS) is 14.9. The van der Waals surface area contributed by atoms with E-state index in [-0.39, 0.29) is 11.9 Å². The smallest absolute Gasteiger partial charge is 0.338 e. The molecule has 0 heterocycles. The lowest BCUT2D eigenvalue weighted by Crippen LogP contribution is -2.37. The summed E-state index contributed by atoms with van der Waals surface area (Å²) in [5.41, 5.74) is 1.13. The number of benzene rings is 1. The summed E-state index contributed by atoms with van der Waals surface area (Å²) in [5.74, 6) is -0.151. The highest BCUT2D eigenvalue weighted by Gasteiger charge is 2.27. The first kappa shape index (κ1) is 17.3. The van der Waals surface area contributed by atoms with Crippen molar-refractivity contribution in [2.24, 2.45) is 0 Å². The van der Waals surface area contributed by atoms with E-state index in [1.165, 1.54) is 0 Å². The number of rotatable bonds is 8.